The Bertz CT molecular complexity index is 1350. The van der Waals surface area contributed by atoms with E-state index in [1.54, 1.807) is 6.20 Å². The quantitative estimate of drug-likeness (QED) is 0.432. The lowest BCUT2D eigenvalue weighted by Crippen LogP contribution is -2.43. The molecule has 0 saturated carbocycles. The Hall–Kier alpha value is -3.38. The summed E-state index contributed by atoms with van der Waals surface area (Å²) in [5, 5.41) is 8.57. The van der Waals surface area contributed by atoms with Crippen LogP contribution >= 0.6 is 11.6 Å². The number of piperidine rings is 1. The molecular formula is C27H28ClN5O. The molecule has 1 amide bonds. The lowest BCUT2D eigenvalue weighted by molar-refractivity contribution is -0.125. The zero-order valence-corrected chi connectivity index (χ0v) is 20.2. The van der Waals surface area contributed by atoms with Gasteiger partial charge in [-0.25, -0.2) is 9.50 Å². The van der Waals surface area contributed by atoms with Crippen LogP contribution in [0.3, 0.4) is 0 Å². The van der Waals surface area contributed by atoms with Gasteiger partial charge in [-0.2, -0.15) is 5.10 Å². The summed E-state index contributed by atoms with van der Waals surface area (Å²) in [4.78, 5) is 19.9. The molecule has 0 unspecified atom stereocenters. The number of fused-ring (bicyclic) bond motifs is 1. The summed E-state index contributed by atoms with van der Waals surface area (Å²) in [6.45, 7) is 6.20. The fourth-order valence-corrected chi connectivity index (χ4v) is 4.96. The number of amides is 1. The number of halogens is 1. The van der Waals surface area contributed by atoms with Crippen molar-refractivity contribution in [3.05, 3.63) is 82.6 Å². The van der Waals surface area contributed by atoms with Crippen molar-refractivity contribution >= 4 is 28.8 Å². The molecule has 0 spiro atoms. The summed E-state index contributed by atoms with van der Waals surface area (Å²) in [5.74, 6) is 0.858. The number of benzene rings is 2. The molecular weight excluding hydrogens is 446 g/mol. The molecule has 1 aliphatic rings. The van der Waals surface area contributed by atoms with Crippen molar-refractivity contribution in [3.63, 3.8) is 0 Å². The molecule has 0 bridgehead atoms. The van der Waals surface area contributed by atoms with Crippen LogP contribution in [0.4, 0.5) is 5.82 Å². The normalized spacial score (nSPS) is 16.1. The molecule has 0 aliphatic carbocycles. The predicted octanol–water partition coefficient (Wildman–Crippen LogP) is 5.20. The van der Waals surface area contributed by atoms with Crippen molar-refractivity contribution in [2.45, 2.75) is 33.2 Å². The Kier molecular flexibility index (Phi) is 6.24. The van der Waals surface area contributed by atoms with Gasteiger partial charge in [-0.1, -0.05) is 47.5 Å². The van der Waals surface area contributed by atoms with Crippen LogP contribution in [-0.4, -0.2) is 33.6 Å². The van der Waals surface area contributed by atoms with Gasteiger partial charge in [0.15, 0.2) is 5.82 Å². The van der Waals surface area contributed by atoms with Crippen molar-refractivity contribution in [2.24, 2.45) is 5.92 Å². The third kappa shape index (κ3) is 4.64. The zero-order valence-electron chi connectivity index (χ0n) is 19.5. The third-order valence-electron chi connectivity index (χ3n) is 6.47. The molecule has 5 rings (SSSR count). The number of carbonyl (C=O) groups excluding carboxylic acids is 1. The van der Waals surface area contributed by atoms with Gasteiger partial charge in [-0.05, 0) is 56.0 Å². The summed E-state index contributed by atoms with van der Waals surface area (Å²) in [6, 6.07) is 16.1. The first kappa shape index (κ1) is 22.4. The number of aromatic nitrogens is 3. The van der Waals surface area contributed by atoms with Gasteiger partial charge in [-0.3, -0.25) is 4.79 Å². The first-order valence-corrected chi connectivity index (χ1v) is 12.0. The van der Waals surface area contributed by atoms with E-state index in [4.69, 9.17) is 16.7 Å². The number of nitrogens with one attached hydrogen (secondary N) is 1. The maximum atomic E-state index is 12.9. The van der Waals surface area contributed by atoms with E-state index in [0.29, 0.717) is 18.1 Å². The molecule has 1 aliphatic heterocycles. The topological polar surface area (TPSA) is 62.5 Å². The molecule has 7 heteroatoms. The molecule has 2 aromatic heterocycles. The van der Waals surface area contributed by atoms with Crippen LogP contribution < -0.4 is 10.2 Å². The van der Waals surface area contributed by atoms with E-state index >= 15 is 0 Å². The Morgan fingerprint density at radius 3 is 2.88 bits per heavy atom. The van der Waals surface area contributed by atoms with E-state index in [-0.39, 0.29) is 11.8 Å². The van der Waals surface area contributed by atoms with E-state index in [1.807, 2.05) is 35.0 Å². The van der Waals surface area contributed by atoms with E-state index in [1.165, 1.54) is 11.1 Å². The Morgan fingerprint density at radius 1 is 1.18 bits per heavy atom. The average Bonchev–Trinajstić information content (AvgIpc) is 3.27. The van der Waals surface area contributed by atoms with Gasteiger partial charge in [0.2, 0.25) is 5.91 Å². The summed E-state index contributed by atoms with van der Waals surface area (Å²) < 4.78 is 1.89. The summed E-state index contributed by atoms with van der Waals surface area (Å²) >= 11 is 6.07. The highest BCUT2D eigenvalue weighted by molar-refractivity contribution is 6.30. The number of nitrogens with zero attached hydrogens (tertiary/aromatic N) is 4. The van der Waals surface area contributed by atoms with Crippen LogP contribution in [-0.2, 0) is 11.3 Å². The number of rotatable bonds is 5. The van der Waals surface area contributed by atoms with Gasteiger partial charge in [0.1, 0.15) is 5.52 Å². The molecule has 0 radical (unpaired) electrons. The number of anilines is 1. The second-order valence-electron chi connectivity index (χ2n) is 9.06. The molecule has 174 valence electrons. The van der Waals surface area contributed by atoms with Gasteiger partial charge < -0.3 is 10.2 Å². The zero-order chi connectivity index (χ0) is 23.7. The van der Waals surface area contributed by atoms with Gasteiger partial charge >= 0.3 is 0 Å². The first-order valence-electron chi connectivity index (χ1n) is 11.7. The van der Waals surface area contributed by atoms with Gasteiger partial charge in [-0.15, -0.1) is 0 Å². The highest BCUT2D eigenvalue weighted by atomic mass is 35.5. The standard InChI is InChI=1S/C27H28ClN5O/c1-18-8-9-23(19(2)13-18)24-15-25-26(29-10-12-33(25)31-24)32-11-4-6-21(17-32)27(34)30-16-20-5-3-7-22(28)14-20/h3,5,7-10,12-15,21H,4,6,11,16-17H2,1-2H3,(H,30,34)/t21-/m0/s1. The van der Waals surface area contributed by atoms with Gasteiger partial charge in [0, 0.05) is 42.6 Å². The molecule has 6 nitrogen and oxygen atoms in total. The molecule has 2 aromatic carbocycles. The Balaban J connectivity index is 1.35. The van der Waals surface area contributed by atoms with E-state index in [2.05, 4.69) is 53.3 Å². The van der Waals surface area contributed by atoms with Crippen LogP contribution in [0.25, 0.3) is 16.8 Å². The minimum absolute atomic E-state index is 0.0705. The maximum Gasteiger partial charge on any atom is 0.225 e. The molecule has 4 aromatic rings. The van der Waals surface area contributed by atoms with Gasteiger partial charge in [0.05, 0.1) is 11.6 Å². The second kappa shape index (κ2) is 9.47. The minimum atomic E-state index is -0.0864. The summed E-state index contributed by atoms with van der Waals surface area (Å²) in [5.41, 5.74) is 6.44. The largest absolute Gasteiger partial charge is 0.354 e. The van der Waals surface area contributed by atoms with Crippen LogP contribution in [0.1, 0.15) is 29.5 Å². The third-order valence-corrected chi connectivity index (χ3v) is 6.71. The first-order chi connectivity index (χ1) is 16.5. The lowest BCUT2D eigenvalue weighted by atomic mass is 9.97. The molecule has 1 atom stereocenters. The monoisotopic (exact) mass is 473 g/mol. The van der Waals surface area contributed by atoms with Crippen molar-refractivity contribution in [1.29, 1.82) is 0 Å². The van der Waals surface area contributed by atoms with Crippen molar-refractivity contribution < 1.29 is 4.79 Å². The summed E-state index contributed by atoms with van der Waals surface area (Å²) in [7, 11) is 0. The van der Waals surface area contributed by atoms with E-state index < -0.39 is 0 Å². The molecule has 1 saturated heterocycles. The molecule has 3 heterocycles. The van der Waals surface area contributed by atoms with Gasteiger partial charge in [0.25, 0.3) is 0 Å². The Labute approximate surface area is 204 Å². The Morgan fingerprint density at radius 2 is 2.06 bits per heavy atom. The highest BCUT2D eigenvalue weighted by Gasteiger charge is 2.28. The minimum Gasteiger partial charge on any atom is -0.354 e. The number of carbonyl (C=O) groups is 1. The fourth-order valence-electron chi connectivity index (χ4n) is 4.75. The fraction of sp³-hybridized carbons (Fsp3) is 0.296. The number of aryl methyl sites for hydroxylation is 2. The smallest absolute Gasteiger partial charge is 0.225 e. The molecule has 1 N–H and O–H groups in total. The lowest BCUT2D eigenvalue weighted by Gasteiger charge is -2.33. The summed E-state index contributed by atoms with van der Waals surface area (Å²) in [6.07, 6.45) is 5.47. The molecule has 1 fully saturated rings. The van der Waals surface area contributed by atoms with Crippen molar-refractivity contribution in [2.75, 3.05) is 18.0 Å². The maximum absolute atomic E-state index is 12.9. The van der Waals surface area contributed by atoms with E-state index in [9.17, 15) is 4.79 Å². The predicted molar refractivity (Wildman–Crippen MR) is 136 cm³/mol. The average molecular weight is 474 g/mol. The van der Waals surface area contributed by atoms with Crippen LogP contribution in [0, 0.1) is 19.8 Å². The van der Waals surface area contributed by atoms with Crippen LogP contribution in [0.2, 0.25) is 5.02 Å². The van der Waals surface area contributed by atoms with E-state index in [0.717, 1.165) is 47.5 Å². The number of hydrogen-bond donors (Lipinski definition) is 1. The number of hydrogen-bond acceptors (Lipinski definition) is 4. The van der Waals surface area contributed by atoms with Crippen molar-refractivity contribution in [1.82, 2.24) is 19.9 Å². The SMILES string of the molecule is Cc1ccc(-c2cc3c(N4CCC[C@H](C(=O)NCc5cccc(Cl)c5)C4)nccn3n2)c(C)c1. The highest BCUT2D eigenvalue weighted by Crippen LogP contribution is 2.30. The van der Waals surface area contributed by atoms with Crippen LogP contribution in [0.5, 0.6) is 0 Å². The molecule has 34 heavy (non-hydrogen) atoms. The van der Waals surface area contributed by atoms with Crippen LogP contribution in [0.15, 0.2) is 60.9 Å². The van der Waals surface area contributed by atoms with Crippen molar-refractivity contribution in [3.8, 4) is 11.3 Å². The second-order valence-corrected chi connectivity index (χ2v) is 9.50.